The monoisotopic (exact) mass is 333 g/mol. The first-order valence-electron chi connectivity index (χ1n) is 8.57. The molecule has 24 heavy (non-hydrogen) atoms. The standard InChI is InChI=1S/C18H27N3O3/c1-14-6-3-4-8-16(14)21(2)18(23)13-24-12-17(22)20-11-15-7-5-9-19-10-15/h5,7,9-10,14,16H,3-4,6,8,11-13H2,1-2H3,(H,20,22)/t14-,16-/m1/s1. The summed E-state index contributed by atoms with van der Waals surface area (Å²) in [5.41, 5.74) is 0.924. The van der Waals surface area contributed by atoms with Crippen LogP contribution in [0.2, 0.25) is 0 Å². The second kappa shape index (κ2) is 9.37. The van der Waals surface area contributed by atoms with Gasteiger partial charge in [-0.1, -0.05) is 25.8 Å². The van der Waals surface area contributed by atoms with Crippen molar-refractivity contribution in [3.8, 4) is 0 Å². The predicted molar refractivity (Wildman–Crippen MR) is 91.1 cm³/mol. The van der Waals surface area contributed by atoms with Crippen molar-refractivity contribution in [3.05, 3.63) is 30.1 Å². The number of aromatic nitrogens is 1. The van der Waals surface area contributed by atoms with Crippen LogP contribution in [0.15, 0.2) is 24.5 Å². The Bertz CT molecular complexity index is 536. The smallest absolute Gasteiger partial charge is 0.248 e. The number of ether oxygens (including phenoxy) is 1. The maximum Gasteiger partial charge on any atom is 0.248 e. The Labute approximate surface area is 143 Å². The first-order chi connectivity index (χ1) is 11.6. The number of carbonyl (C=O) groups excluding carboxylic acids is 2. The highest BCUT2D eigenvalue weighted by Crippen LogP contribution is 2.27. The molecule has 6 nitrogen and oxygen atoms in total. The lowest BCUT2D eigenvalue weighted by atomic mass is 9.85. The molecule has 0 saturated heterocycles. The zero-order chi connectivity index (χ0) is 17.4. The molecule has 132 valence electrons. The number of pyridine rings is 1. The number of carbonyl (C=O) groups is 2. The van der Waals surface area contributed by atoms with Crippen LogP contribution in [-0.4, -0.2) is 48.0 Å². The largest absolute Gasteiger partial charge is 0.362 e. The predicted octanol–water partition coefficient (Wildman–Crippen LogP) is 1.75. The van der Waals surface area contributed by atoms with Crippen LogP contribution in [0.1, 0.15) is 38.2 Å². The zero-order valence-electron chi connectivity index (χ0n) is 14.5. The van der Waals surface area contributed by atoms with Gasteiger partial charge in [0.15, 0.2) is 0 Å². The summed E-state index contributed by atoms with van der Waals surface area (Å²) in [4.78, 5) is 29.7. The number of rotatable bonds is 7. The molecule has 1 aliphatic rings. The third-order valence-corrected chi connectivity index (χ3v) is 4.63. The van der Waals surface area contributed by atoms with E-state index in [1.807, 2.05) is 19.2 Å². The molecule has 0 spiro atoms. The average Bonchev–Trinajstić information content (AvgIpc) is 2.60. The van der Waals surface area contributed by atoms with Crippen LogP contribution in [0.5, 0.6) is 0 Å². The Kier molecular flexibility index (Phi) is 7.18. The minimum Gasteiger partial charge on any atom is -0.362 e. The van der Waals surface area contributed by atoms with Gasteiger partial charge in [-0.2, -0.15) is 0 Å². The van der Waals surface area contributed by atoms with Gasteiger partial charge in [0.1, 0.15) is 13.2 Å². The fourth-order valence-corrected chi connectivity index (χ4v) is 3.14. The Hall–Kier alpha value is -1.95. The SMILES string of the molecule is C[C@@H]1CCCC[C@H]1N(C)C(=O)COCC(=O)NCc1cccnc1. The van der Waals surface area contributed by atoms with Gasteiger partial charge in [-0.15, -0.1) is 0 Å². The second-order valence-electron chi connectivity index (χ2n) is 6.46. The molecule has 0 unspecified atom stereocenters. The first kappa shape index (κ1) is 18.4. The lowest BCUT2D eigenvalue weighted by Gasteiger charge is -2.36. The summed E-state index contributed by atoms with van der Waals surface area (Å²) in [6.07, 6.45) is 8.01. The Balaban J connectivity index is 1.65. The van der Waals surface area contributed by atoms with Crippen LogP contribution in [0.3, 0.4) is 0 Å². The number of hydrogen-bond acceptors (Lipinski definition) is 4. The van der Waals surface area contributed by atoms with E-state index >= 15 is 0 Å². The summed E-state index contributed by atoms with van der Waals surface area (Å²) in [7, 11) is 1.83. The number of hydrogen-bond donors (Lipinski definition) is 1. The number of amides is 2. The van der Waals surface area contributed by atoms with Gasteiger partial charge in [0.2, 0.25) is 11.8 Å². The van der Waals surface area contributed by atoms with E-state index in [9.17, 15) is 9.59 Å². The Morgan fingerprint density at radius 2 is 2.12 bits per heavy atom. The van der Waals surface area contributed by atoms with E-state index in [4.69, 9.17) is 4.74 Å². The normalized spacial score (nSPS) is 20.4. The summed E-state index contributed by atoms with van der Waals surface area (Å²) in [5, 5.41) is 2.74. The molecule has 0 bridgehead atoms. The molecule has 1 N–H and O–H groups in total. The molecule has 2 atom stereocenters. The molecule has 1 aromatic heterocycles. The number of nitrogens with zero attached hydrogens (tertiary/aromatic N) is 2. The number of nitrogens with one attached hydrogen (secondary N) is 1. The second-order valence-corrected chi connectivity index (χ2v) is 6.46. The van der Waals surface area contributed by atoms with Crippen molar-refractivity contribution in [2.75, 3.05) is 20.3 Å². The molecular weight excluding hydrogens is 306 g/mol. The quantitative estimate of drug-likeness (QED) is 0.825. The summed E-state index contributed by atoms with van der Waals surface area (Å²) >= 11 is 0. The molecule has 0 aliphatic heterocycles. The van der Waals surface area contributed by atoms with Gasteiger partial charge in [0.25, 0.3) is 0 Å². The summed E-state index contributed by atoms with van der Waals surface area (Å²) in [5.74, 6) is 0.227. The molecule has 1 aromatic rings. The van der Waals surface area contributed by atoms with Gasteiger partial charge in [-0.25, -0.2) is 0 Å². The van der Waals surface area contributed by atoms with Gasteiger partial charge in [-0.3, -0.25) is 14.6 Å². The molecule has 2 amide bonds. The van der Waals surface area contributed by atoms with E-state index in [-0.39, 0.29) is 31.1 Å². The zero-order valence-corrected chi connectivity index (χ0v) is 14.5. The fourth-order valence-electron chi connectivity index (χ4n) is 3.14. The van der Waals surface area contributed by atoms with Crippen LogP contribution in [0.4, 0.5) is 0 Å². The van der Waals surface area contributed by atoms with Crippen molar-refractivity contribution < 1.29 is 14.3 Å². The van der Waals surface area contributed by atoms with E-state index in [1.54, 1.807) is 17.3 Å². The minimum absolute atomic E-state index is 0.0555. The third kappa shape index (κ3) is 5.60. The van der Waals surface area contributed by atoms with Gasteiger partial charge >= 0.3 is 0 Å². The maximum absolute atomic E-state index is 12.2. The van der Waals surface area contributed by atoms with E-state index in [2.05, 4.69) is 17.2 Å². The average molecular weight is 333 g/mol. The van der Waals surface area contributed by atoms with E-state index < -0.39 is 0 Å². The van der Waals surface area contributed by atoms with E-state index in [0.29, 0.717) is 12.5 Å². The highest BCUT2D eigenvalue weighted by Gasteiger charge is 2.27. The molecule has 1 saturated carbocycles. The minimum atomic E-state index is -0.236. The summed E-state index contributed by atoms with van der Waals surface area (Å²) < 4.78 is 5.27. The van der Waals surface area contributed by atoms with Crippen LogP contribution in [0, 0.1) is 5.92 Å². The molecule has 1 heterocycles. The first-order valence-corrected chi connectivity index (χ1v) is 8.57. The highest BCUT2D eigenvalue weighted by molar-refractivity contribution is 5.79. The van der Waals surface area contributed by atoms with Gasteiger partial charge in [0.05, 0.1) is 0 Å². The van der Waals surface area contributed by atoms with Gasteiger partial charge in [0, 0.05) is 32.0 Å². The van der Waals surface area contributed by atoms with Crippen molar-refractivity contribution in [1.82, 2.24) is 15.2 Å². The molecule has 1 fully saturated rings. The molecule has 2 rings (SSSR count). The molecule has 0 aromatic carbocycles. The summed E-state index contributed by atoms with van der Waals surface area (Å²) in [6.45, 7) is 2.43. The van der Waals surface area contributed by atoms with Crippen molar-refractivity contribution in [2.45, 2.75) is 45.2 Å². The topological polar surface area (TPSA) is 71.5 Å². The van der Waals surface area contributed by atoms with Crippen LogP contribution < -0.4 is 5.32 Å². The fraction of sp³-hybridized carbons (Fsp3) is 0.611. The lowest BCUT2D eigenvalue weighted by molar-refractivity contribution is -0.140. The molecule has 6 heteroatoms. The van der Waals surface area contributed by atoms with Crippen molar-refractivity contribution in [3.63, 3.8) is 0 Å². The van der Waals surface area contributed by atoms with Crippen LogP contribution >= 0.6 is 0 Å². The van der Waals surface area contributed by atoms with Crippen molar-refractivity contribution in [1.29, 1.82) is 0 Å². The Morgan fingerprint density at radius 1 is 1.33 bits per heavy atom. The van der Waals surface area contributed by atoms with E-state index in [0.717, 1.165) is 12.0 Å². The van der Waals surface area contributed by atoms with Crippen LogP contribution in [-0.2, 0) is 20.9 Å². The van der Waals surface area contributed by atoms with Crippen molar-refractivity contribution >= 4 is 11.8 Å². The van der Waals surface area contributed by atoms with Crippen molar-refractivity contribution in [2.24, 2.45) is 5.92 Å². The van der Waals surface area contributed by atoms with Gasteiger partial charge < -0.3 is 15.0 Å². The maximum atomic E-state index is 12.2. The van der Waals surface area contributed by atoms with Gasteiger partial charge in [-0.05, 0) is 30.4 Å². The number of likely N-dealkylation sites (N-methyl/N-ethyl adjacent to an activating group) is 1. The summed E-state index contributed by atoms with van der Waals surface area (Å²) in [6, 6.07) is 3.99. The highest BCUT2D eigenvalue weighted by atomic mass is 16.5. The Morgan fingerprint density at radius 3 is 2.83 bits per heavy atom. The molecule has 0 radical (unpaired) electrons. The third-order valence-electron chi connectivity index (χ3n) is 4.63. The van der Waals surface area contributed by atoms with Crippen LogP contribution in [0.25, 0.3) is 0 Å². The van der Waals surface area contributed by atoms with E-state index in [1.165, 1.54) is 19.3 Å². The lowest BCUT2D eigenvalue weighted by Crippen LogP contribution is -2.44. The molecule has 1 aliphatic carbocycles. The molecular formula is C18H27N3O3.